The van der Waals surface area contributed by atoms with E-state index in [0.29, 0.717) is 6.04 Å². The van der Waals surface area contributed by atoms with Crippen molar-refractivity contribution in [2.45, 2.75) is 39.7 Å². The van der Waals surface area contributed by atoms with Crippen LogP contribution < -0.4 is 10.6 Å². The normalized spacial score (nSPS) is 25.8. The van der Waals surface area contributed by atoms with Gasteiger partial charge in [-0.3, -0.25) is 0 Å². The summed E-state index contributed by atoms with van der Waals surface area (Å²) < 4.78 is 0. The van der Waals surface area contributed by atoms with Gasteiger partial charge in [-0.05, 0) is 44.7 Å². The predicted molar refractivity (Wildman–Crippen MR) is 68.6 cm³/mol. The Morgan fingerprint density at radius 2 is 2.06 bits per heavy atom. The summed E-state index contributed by atoms with van der Waals surface area (Å²) in [6.45, 7) is 7.64. The molecule has 0 saturated carbocycles. The number of anilines is 2. The second kappa shape index (κ2) is 4.32. The second-order valence-corrected chi connectivity index (χ2v) is 5.05. The molecule has 1 fully saturated rings. The molecule has 1 saturated heterocycles. The molecule has 0 aliphatic carbocycles. The van der Waals surface area contributed by atoms with E-state index in [9.17, 15) is 0 Å². The minimum absolute atomic E-state index is 0.549. The van der Waals surface area contributed by atoms with Crippen LogP contribution in [0.25, 0.3) is 0 Å². The van der Waals surface area contributed by atoms with Crippen molar-refractivity contribution >= 4 is 11.5 Å². The first kappa shape index (κ1) is 11.2. The molecule has 88 valence electrons. The minimum Gasteiger partial charge on any atom is -0.396 e. The number of aryl methyl sites for hydroxylation is 1. The zero-order chi connectivity index (χ0) is 11.7. The third-order valence-corrected chi connectivity index (χ3v) is 3.43. The quantitative estimate of drug-likeness (QED) is 0.789. The maximum Gasteiger partial charge on any atom is 0.152 e. The largest absolute Gasteiger partial charge is 0.396 e. The standard InChI is InChI=1S/C13H21N3/c1-9-4-6-11(3)16(8-9)13-12(14)7-5-10(2)15-13/h5,7,9,11H,4,6,8,14H2,1-3H3. The van der Waals surface area contributed by atoms with Crippen molar-refractivity contribution in [3.63, 3.8) is 0 Å². The molecular formula is C13H21N3. The molecule has 2 rings (SSSR count). The molecule has 0 bridgehead atoms. The van der Waals surface area contributed by atoms with Crippen LogP contribution in [0, 0.1) is 12.8 Å². The van der Waals surface area contributed by atoms with Crippen molar-refractivity contribution < 1.29 is 0 Å². The Kier molecular flexibility index (Phi) is 3.03. The Bertz CT molecular complexity index is 375. The van der Waals surface area contributed by atoms with Gasteiger partial charge in [-0.1, -0.05) is 6.92 Å². The number of nitrogens with zero attached hydrogens (tertiary/aromatic N) is 2. The van der Waals surface area contributed by atoms with Crippen molar-refractivity contribution in [2.24, 2.45) is 5.92 Å². The summed E-state index contributed by atoms with van der Waals surface area (Å²) in [5.74, 6) is 1.71. The number of aromatic nitrogens is 1. The molecule has 0 aromatic carbocycles. The number of rotatable bonds is 1. The van der Waals surface area contributed by atoms with Crippen LogP contribution >= 0.6 is 0 Å². The van der Waals surface area contributed by atoms with Gasteiger partial charge < -0.3 is 10.6 Å². The van der Waals surface area contributed by atoms with E-state index in [1.54, 1.807) is 0 Å². The number of piperidine rings is 1. The molecule has 0 radical (unpaired) electrons. The Balaban J connectivity index is 2.30. The lowest BCUT2D eigenvalue weighted by molar-refractivity contribution is 0.388. The summed E-state index contributed by atoms with van der Waals surface area (Å²) in [7, 11) is 0. The van der Waals surface area contributed by atoms with E-state index in [-0.39, 0.29) is 0 Å². The van der Waals surface area contributed by atoms with Gasteiger partial charge in [-0.2, -0.15) is 0 Å². The summed E-state index contributed by atoms with van der Waals surface area (Å²) >= 11 is 0. The first-order valence-corrected chi connectivity index (χ1v) is 6.07. The number of nitrogens with two attached hydrogens (primary N) is 1. The van der Waals surface area contributed by atoms with Gasteiger partial charge in [0.25, 0.3) is 0 Å². The Hall–Kier alpha value is -1.25. The van der Waals surface area contributed by atoms with Crippen LogP contribution in [0.1, 0.15) is 32.4 Å². The number of hydrogen-bond acceptors (Lipinski definition) is 3. The fourth-order valence-corrected chi connectivity index (χ4v) is 2.37. The van der Waals surface area contributed by atoms with E-state index in [4.69, 9.17) is 5.73 Å². The highest BCUT2D eigenvalue weighted by Crippen LogP contribution is 2.29. The van der Waals surface area contributed by atoms with Crippen LogP contribution in [0.4, 0.5) is 11.5 Å². The molecule has 0 spiro atoms. The monoisotopic (exact) mass is 219 g/mol. The lowest BCUT2D eigenvalue weighted by atomic mass is 9.95. The van der Waals surface area contributed by atoms with Gasteiger partial charge in [0.05, 0.1) is 5.69 Å². The smallest absolute Gasteiger partial charge is 0.152 e. The van der Waals surface area contributed by atoms with Crippen molar-refractivity contribution in [3.05, 3.63) is 17.8 Å². The third kappa shape index (κ3) is 2.13. The lowest BCUT2D eigenvalue weighted by Crippen LogP contribution is -2.42. The first-order chi connectivity index (χ1) is 7.58. The predicted octanol–water partition coefficient (Wildman–Crippen LogP) is 2.60. The SMILES string of the molecule is Cc1ccc(N)c(N2CC(C)CCC2C)n1. The molecule has 1 aromatic heterocycles. The maximum atomic E-state index is 6.02. The van der Waals surface area contributed by atoms with Crippen molar-refractivity contribution in [1.29, 1.82) is 0 Å². The fourth-order valence-electron chi connectivity index (χ4n) is 2.37. The summed E-state index contributed by atoms with van der Waals surface area (Å²) in [6, 6.07) is 4.48. The average molecular weight is 219 g/mol. The van der Waals surface area contributed by atoms with Crippen LogP contribution in [0.5, 0.6) is 0 Å². The Morgan fingerprint density at radius 1 is 1.31 bits per heavy atom. The van der Waals surface area contributed by atoms with Crippen molar-refractivity contribution in [2.75, 3.05) is 17.2 Å². The third-order valence-electron chi connectivity index (χ3n) is 3.43. The van der Waals surface area contributed by atoms with Crippen LogP contribution in [0.3, 0.4) is 0 Å². The van der Waals surface area contributed by atoms with E-state index in [1.807, 2.05) is 19.1 Å². The first-order valence-electron chi connectivity index (χ1n) is 6.07. The molecule has 2 N–H and O–H groups in total. The number of pyridine rings is 1. The molecule has 16 heavy (non-hydrogen) atoms. The second-order valence-electron chi connectivity index (χ2n) is 5.05. The number of hydrogen-bond donors (Lipinski definition) is 1. The Morgan fingerprint density at radius 3 is 2.81 bits per heavy atom. The summed E-state index contributed by atoms with van der Waals surface area (Å²) in [5, 5.41) is 0. The highest BCUT2D eigenvalue weighted by molar-refractivity contribution is 5.63. The van der Waals surface area contributed by atoms with E-state index in [1.165, 1.54) is 12.8 Å². The summed E-state index contributed by atoms with van der Waals surface area (Å²) in [6.07, 6.45) is 2.54. The molecule has 3 nitrogen and oxygen atoms in total. The molecule has 2 unspecified atom stereocenters. The highest BCUT2D eigenvalue weighted by atomic mass is 15.2. The van der Waals surface area contributed by atoms with Crippen molar-refractivity contribution in [3.8, 4) is 0 Å². The van der Waals surface area contributed by atoms with Gasteiger partial charge in [0, 0.05) is 18.3 Å². The molecule has 2 atom stereocenters. The molecule has 1 aliphatic heterocycles. The highest BCUT2D eigenvalue weighted by Gasteiger charge is 2.25. The van der Waals surface area contributed by atoms with E-state index < -0.39 is 0 Å². The molecular weight excluding hydrogens is 198 g/mol. The van der Waals surface area contributed by atoms with Gasteiger partial charge in [0.1, 0.15) is 0 Å². The topological polar surface area (TPSA) is 42.1 Å². The van der Waals surface area contributed by atoms with Crippen LogP contribution in [0.2, 0.25) is 0 Å². The fraction of sp³-hybridized carbons (Fsp3) is 0.615. The van der Waals surface area contributed by atoms with Gasteiger partial charge in [0.15, 0.2) is 5.82 Å². The average Bonchev–Trinajstić information content (AvgIpc) is 2.25. The maximum absolute atomic E-state index is 6.02. The van der Waals surface area contributed by atoms with Gasteiger partial charge in [-0.25, -0.2) is 4.98 Å². The lowest BCUT2D eigenvalue weighted by Gasteiger charge is -2.38. The molecule has 1 aromatic rings. The van der Waals surface area contributed by atoms with Crippen LogP contribution in [-0.2, 0) is 0 Å². The van der Waals surface area contributed by atoms with Crippen LogP contribution in [-0.4, -0.2) is 17.6 Å². The van der Waals surface area contributed by atoms with Gasteiger partial charge >= 0.3 is 0 Å². The van der Waals surface area contributed by atoms with Gasteiger partial charge in [0.2, 0.25) is 0 Å². The van der Waals surface area contributed by atoms with E-state index in [0.717, 1.165) is 29.7 Å². The zero-order valence-corrected chi connectivity index (χ0v) is 10.4. The summed E-state index contributed by atoms with van der Waals surface area (Å²) in [5.41, 5.74) is 7.86. The molecule has 2 heterocycles. The van der Waals surface area contributed by atoms with E-state index in [2.05, 4.69) is 23.7 Å². The van der Waals surface area contributed by atoms with Crippen molar-refractivity contribution in [1.82, 2.24) is 4.98 Å². The minimum atomic E-state index is 0.549. The summed E-state index contributed by atoms with van der Waals surface area (Å²) in [4.78, 5) is 6.94. The van der Waals surface area contributed by atoms with Crippen LogP contribution in [0.15, 0.2) is 12.1 Å². The molecule has 0 amide bonds. The van der Waals surface area contributed by atoms with Gasteiger partial charge in [-0.15, -0.1) is 0 Å². The molecule has 1 aliphatic rings. The number of nitrogen functional groups attached to an aromatic ring is 1. The zero-order valence-electron chi connectivity index (χ0n) is 10.4. The van der Waals surface area contributed by atoms with E-state index >= 15 is 0 Å². The molecule has 3 heteroatoms. The Labute approximate surface area is 97.7 Å².